The second-order valence-corrected chi connectivity index (χ2v) is 6.02. The van der Waals surface area contributed by atoms with Crippen LogP contribution in [-0.4, -0.2) is 9.97 Å². The van der Waals surface area contributed by atoms with Gasteiger partial charge in [0.1, 0.15) is 0 Å². The van der Waals surface area contributed by atoms with Gasteiger partial charge in [0, 0.05) is 35.1 Å². The topological polar surface area (TPSA) is 25.8 Å². The molecule has 0 radical (unpaired) electrons. The molecule has 2 heterocycles. The van der Waals surface area contributed by atoms with E-state index in [1.54, 1.807) is 0 Å². The fraction of sp³-hybridized carbons (Fsp3) is 0.158. The molecule has 102 valence electrons. The van der Waals surface area contributed by atoms with Crippen LogP contribution in [0, 0.1) is 0 Å². The summed E-state index contributed by atoms with van der Waals surface area (Å²) in [5.41, 5.74) is 7.45. The third kappa shape index (κ3) is 1.72. The van der Waals surface area contributed by atoms with E-state index in [9.17, 15) is 0 Å². The molecule has 0 amide bonds. The number of aromatic nitrogens is 2. The number of hydrogen-bond donors (Lipinski definition) is 0. The van der Waals surface area contributed by atoms with Gasteiger partial charge in [0.2, 0.25) is 0 Å². The highest BCUT2D eigenvalue weighted by molar-refractivity contribution is 5.81. The highest BCUT2D eigenvalue weighted by atomic mass is 14.7. The molecular formula is C19H16N2. The van der Waals surface area contributed by atoms with Crippen molar-refractivity contribution < 1.29 is 0 Å². The van der Waals surface area contributed by atoms with Gasteiger partial charge in [-0.3, -0.25) is 9.97 Å². The van der Waals surface area contributed by atoms with Gasteiger partial charge in [-0.1, -0.05) is 38.1 Å². The third-order valence-electron chi connectivity index (χ3n) is 4.44. The van der Waals surface area contributed by atoms with Gasteiger partial charge in [-0.25, -0.2) is 0 Å². The normalized spacial score (nSPS) is 14.6. The van der Waals surface area contributed by atoms with Crippen molar-refractivity contribution in [1.82, 2.24) is 9.97 Å². The fourth-order valence-electron chi connectivity index (χ4n) is 3.28. The molecule has 1 aliphatic carbocycles. The van der Waals surface area contributed by atoms with Crippen molar-refractivity contribution in [2.75, 3.05) is 0 Å². The van der Waals surface area contributed by atoms with E-state index in [-0.39, 0.29) is 5.41 Å². The Morgan fingerprint density at radius 3 is 2.43 bits per heavy atom. The molecule has 0 atom stereocenters. The van der Waals surface area contributed by atoms with Gasteiger partial charge in [0.25, 0.3) is 0 Å². The summed E-state index contributed by atoms with van der Waals surface area (Å²) in [6, 6.07) is 14.9. The first-order chi connectivity index (χ1) is 10.2. The van der Waals surface area contributed by atoms with E-state index in [2.05, 4.69) is 54.1 Å². The first-order valence-electron chi connectivity index (χ1n) is 7.19. The number of benzene rings is 1. The summed E-state index contributed by atoms with van der Waals surface area (Å²) in [6.45, 7) is 4.57. The van der Waals surface area contributed by atoms with E-state index in [0.29, 0.717) is 0 Å². The van der Waals surface area contributed by atoms with E-state index in [0.717, 1.165) is 11.3 Å². The fourth-order valence-corrected chi connectivity index (χ4v) is 3.28. The van der Waals surface area contributed by atoms with Gasteiger partial charge < -0.3 is 0 Å². The van der Waals surface area contributed by atoms with Gasteiger partial charge in [-0.2, -0.15) is 0 Å². The zero-order valence-corrected chi connectivity index (χ0v) is 12.2. The van der Waals surface area contributed by atoms with E-state index in [1.165, 1.54) is 22.3 Å². The molecule has 21 heavy (non-hydrogen) atoms. The minimum absolute atomic E-state index is 0.0245. The second kappa shape index (κ2) is 4.26. The van der Waals surface area contributed by atoms with Gasteiger partial charge in [0.05, 0.1) is 5.69 Å². The van der Waals surface area contributed by atoms with Crippen LogP contribution in [0.4, 0.5) is 0 Å². The lowest BCUT2D eigenvalue weighted by atomic mass is 9.82. The van der Waals surface area contributed by atoms with Crippen LogP contribution in [0.3, 0.4) is 0 Å². The van der Waals surface area contributed by atoms with Gasteiger partial charge in [0.15, 0.2) is 0 Å². The monoisotopic (exact) mass is 272 g/mol. The average molecular weight is 272 g/mol. The molecule has 3 aromatic rings. The quantitative estimate of drug-likeness (QED) is 0.654. The van der Waals surface area contributed by atoms with Crippen LogP contribution in [0.1, 0.15) is 25.0 Å². The second-order valence-electron chi connectivity index (χ2n) is 6.02. The van der Waals surface area contributed by atoms with Gasteiger partial charge in [-0.05, 0) is 34.9 Å². The Morgan fingerprint density at radius 1 is 0.857 bits per heavy atom. The molecule has 0 spiro atoms. The Bertz CT molecular complexity index is 820. The highest BCUT2D eigenvalue weighted by Gasteiger charge is 2.35. The summed E-state index contributed by atoms with van der Waals surface area (Å²) >= 11 is 0. The predicted molar refractivity (Wildman–Crippen MR) is 85.0 cm³/mol. The molecule has 1 aromatic carbocycles. The van der Waals surface area contributed by atoms with E-state index in [4.69, 9.17) is 0 Å². The number of rotatable bonds is 1. The Hall–Kier alpha value is -2.48. The van der Waals surface area contributed by atoms with Crippen molar-refractivity contribution in [1.29, 1.82) is 0 Å². The largest absolute Gasteiger partial charge is 0.265 e. The van der Waals surface area contributed by atoms with Crippen molar-refractivity contribution in [3.05, 3.63) is 72.2 Å². The van der Waals surface area contributed by atoms with Crippen LogP contribution in [0.15, 0.2) is 61.1 Å². The van der Waals surface area contributed by atoms with Crippen LogP contribution < -0.4 is 0 Å². The lowest BCUT2D eigenvalue weighted by molar-refractivity contribution is 0.660. The Morgan fingerprint density at radius 2 is 1.62 bits per heavy atom. The summed E-state index contributed by atoms with van der Waals surface area (Å²) in [5, 5.41) is 0. The van der Waals surface area contributed by atoms with Crippen molar-refractivity contribution >= 4 is 0 Å². The number of nitrogens with zero attached hydrogens (tertiary/aromatic N) is 2. The average Bonchev–Trinajstić information content (AvgIpc) is 2.77. The summed E-state index contributed by atoms with van der Waals surface area (Å²) < 4.78 is 0. The van der Waals surface area contributed by atoms with E-state index < -0.39 is 0 Å². The molecule has 0 unspecified atom stereocenters. The van der Waals surface area contributed by atoms with Crippen LogP contribution in [0.25, 0.3) is 22.4 Å². The molecule has 4 rings (SSSR count). The van der Waals surface area contributed by atoms with Crippen LogP contribution in [-0.2, 0) is 5.41 Å². The van der Waals surface area contributed by atoms with Crippen molar-refractivity contribution in [2.24, 2.45) is 0 Å². The van der Waals surface area contributed by atoms with Crippen molar-refractivity contribution in [2.45, 2.75) is 19.3 Å². The zero-order chi connectivity index (χ0) is 14.4. The SMILES string of the molecule is CC1(C)c2ccccc2-c2cnc(-c3ccncc3)cc21. The molecule has 0 N–H and O–H groups in total. The lowest BCUT2D eigenvalue weighted by Gasteiger charge is -2.21. The number of pyridine rings is 2. The molecule has 0 fully saturated rings. The van der Waals surface area contributed by atoms with Crippen molar-refractivity contribution in [3.8, 4) is 22.4 Å². The minimum Gasteiger partial charge on any atom is -0.265 e. The molecule has 0 bridgehead atoms. The summed E-state index contributed by atoms with van der Waals surface area (Å²) in [4.78, 5) is 8.73. The minimum atomic E-state index is 0.0245. The number of fused-ring (bicyclic) bond motifs is 3. The van der Waals surface area contributed by atoms with Crippen LogP contribution in [0.2, 0.25) is 0 Å². The predicted octanol–water partition coefficient (Wildman–Crippen LogP) is 4.45. The number of hydrogen-bond acceptors (Lipinski definition) is 2. The van der Waals surface area contributed by atoms with Crippen LogP contribution in [0.5, 0.6) is 0 Å². The first kappa shape index (κ1) is 12.3. The Balaban J connectivity index is 1.94. The standard InChI is InChI=1S/C19H16N2/c1-19(2)16-6-4-3-5-14(16)15-12-21-18(11-17(15)19)13-7-9-20-10-8-13/h3-12H,1-2H3. The first-order valence-corrected chi connectivity index (χ1v) is 7.19. The maximum absolute atomic E-state index is 4.66. The molecule has 0 saturated heterocycles. The Labute approximate surface area is 124 Å². The molecule has 0 aliphatic heterocycles. The molecule has 0 saturated carbocycles. The zero-order valence-electron chi connectivity index (χ0n) is 12.2. The van der Waals surface area contributed by atoms with E-state index >= 15 is 0 Å². The summed E-state index contributed by atoms with van der Waals surface area (Å²) in [7, 11) is 0. The van der Waals surface area contributed by atoms with Crippen molar-refractivity contribution in [3.63, 3.8) is 0 Å². The smallest absolute Gasteiger partial charge is 0.0706 e. The van der Waals surface area contributed by atoms with Gasteiger partial charge >= 0.3 is 0 Å². The molecule has 2 nitrogen and oxygen atoms in total. The van der Waals surface area contributed by atoms with Gasteiger partial charge in [-0.15, -0.1) is 0 Å². The lowest BCUT2D eigenvalue weighted by Crippen LogP contribution is -2.15. The molecule has 1 aliphatic rings. The maximum atomic E-state index is 4.66. The maximum Gasteiger partial charge on any atom is 0.0706 e. The Kier molecular flexibility index (Phi) is 2.49. The van der Waals surface area contributed by atoms with E-state index in [1.807, 2.05) is 30.7 Å². The molecule has 2 aromatic heterocycles. The highest BCUT2D eigenvalue weighted by Crippen LogP contribution is 2.48. The third-order valence-corrected chi connectivity index (χ3v) is 4.44. The summed E-state index contributed by atoms with van der Waals surface area (Å²) in [5.74, 6) is 0. The summed E-state index contributed by atoms with van der Waals surface area (Å²) in [6.07, 6.45) is 5.63. The van der Waals surface area contributed by atoms with Crippen LogP contribution >= 0.6 is 0 Å². The molecule has 2 heteroatoms. The molecular weight excluding hydrogens is 256 g/mol.